The molecule has 0 spiro atoms. The van der Waals surface area contributed by atoms with E-state index in [0.717, 1.165) is 0 Å². The second-order valence-corrected chi connectivity index (χ2v) is 3.70. The third-order valence-corrected chi connectivity index (χ3v) is 2.21. The maximum Gasteiger partial charge on any atom is 0.336 e. The van der Waals surface area contributed by atoms with E-state index in [-0.39, 0.29) is 6.61 Å². The number of carbonyl (C=O) groups excluding carboxylic acids is 2. The first kappa shape index (κ1) is 11.0. The van der Waals surface area contributed by atoms with Crippen LogP contribution in [0, 0.1) is 5.92 Å². The van der Waals surface area contributed by atoms with Crippen molar-refractivity contribution in [2.24, 2.45) is 5.92 Å². The minimum atomic E-state index is -1.41. The van der Waals surface area contributed by atoms with E-state index in [1.165, 1.54) is 0 Å². The Balaban J connectivity index is 2.85. The number of aliphatic hydroxyl groups is 1. The van der Waals surface area contributed by atoms with Crippen molar-refractivity contribution in [1.29, 1.82) is 0 Å². The molecule has 1 saturated heterocycles. The van der Waals surface area contributed by atoms with Crippen molar-refractivity contribution in [3.05, 3.63) is 0 Å². The highest BCUT2D eigenvalue weighted by Crippen LogP contribution is 2.33. The van der Waals surface area contributed by atoms with Crippen LogP contribution in [-0.2, 0) is 19.1 Å². The first-order valence-corrected chi connectivity index (χ1v) is 4.47. The van der Waals surface area contributed by atoms with E-state index in [1.54, 1.807) is 20.8 Å². The number of esters is 2. The molecule has 1 aliphatic rings. The molecule has 1 fully saturated rings. The first-order chi connectivity index (χ1) is 6.40. The van der Waals surface area contributed by atoms with Gasteiger partial charge in [-0.15, -0.1) is 0 Å². The summed E-state index contributed by atoms with van der Waals surface area (Å²) in [6, 6.07) is 0. The molecule has 5 nitrogen and oxygen atoms in total. The number of carbonyl (C=O) groups is 2. The van der Waals surface area contributed by atoms with Crippen molar-refractivity contribution in [2.75, 3.05) is 6.61 Å². The predicted molar refractivity (Wildman–Crippen MR) is 46.3 cm³/mol. The lowest BCUT2D eigenvalue weighted by Crippen LogP contribution is -2.39. The lowest BCUT2D eigenvalue weighted by Gasteiger charge is -2.23. The zero-order chi connectivity index (χ0) is 10.9. The topological polar surface area (TPSA) is 72.8 Å². The SMILES string of the molecule is CCOC(=O)C1C(O)C(=O)OC1(C)C. The van der Waals surface area contributed by atoms with E-state index < -0.39 is 29.6 Å². The molecule has 14 heavy (non-hydrogen) atoms. The van der Waals surface area contributed by atoms with Crippen molar-refractivity contribution in [1.82, 2.24) is 0 Å². The van der Waals surface area contributed by atoms with Gasteiger partial charge in [0.25, 0.3) is 0 Å². The van der Waals surface area contributed by atoms with E-state index in [2.05, 4.69) is 0 Å². The summed E-state index contributed by atoms with van der Waals surface area (Å²) in [7, 11) is 0. The van der Waals surface area contributed by atoms with Crippen LogP contribution in [0.5, 0.6) is 0 Å². The van der Waals surface area contributed by atoms with Crippen molar-refractivity contribution >= 4 is 11.9 Å². The Morgan fingerprint density at radius 1 is 1.64 bits per heavy atom. The van der Waals surface area contributed by atoms with E-state index in [0.29, 0.717) is 0 Å². The van der Waals surface area contributed by atoms with Gasteiger partial charge < -0.3 is 14.6 Å². The van der Waals surface area contributed by atoms with Crippen LogP contribution in [0.3, 0.4) is 0 Å². The molecule has 0 bridgehead atoms. The Bertz CT molecular complexity index is 258. The van der Waals surface area contributed by atoms with Gasteiger partial charge in [-0.3, -0.25) is 4.79 Å². The summed E-state index contributed by atoms with van der Waals surface area (Å²) >= 11 is 0. The van der Waals surface area contributed by atoms with Gasteiger partial charge in [-0.25, -0.2) is 4.79 Å². The highest BCUT2D eigenvalue weighted by Gasteiger charge is 2.54. The zero-order valence-corrected chi connectivity index (χ0v) is 8.44. The van der Waals surface area contributed by atoms with Crippen LogP contribution < -0.4 is 0 Å². The van der Waals surface area contributed by atoms with Gasteiger partial charge in [-0.2, -0.15) is 0 Å². The Morgan fingerprint density at radius 3 is 2.57 bits per heavy atom. The molecule has 0 radical (unpaired) electrons. The van der Waals surface area contributed by atoms with Gasteiger partial charge in [-0.1, -0.05) is 0 Å². The summed E-state index contributed by atoms with van der Waals surface area (Å²) in [6.07, 6.45) is -1.41. The van der Waals surface area contributed by atoms with Crippen LogP contribution in [0.15, 0.2) is 0 Å². The smallest absolute Gasteiger partial charge is 0.336 e. The Hall–Kier alpha value is -1.10. The zero-order valence-electron chi connectivity index (χ0n) is 8.44. The van der Waals surface area contributed by atoms with Gasteiger partial charge in [0.1, 0.15) is 11.5 Å². The van der Waals surface area contributed by atoms with Crippen LogP contribution in [0.4, 0.5) is 0 Å². The molecule has 0 aliphatic carbocycles. The lowest BCUT2D eigenvalue weighted by atomic mass is 9.89. The van der Waals surface area contributed by atoms with Crippen LogP contribution in [0.2, 0.25) is 0 Å². The average Bonchev–Trinajstić information content (AvgIpc) is 2.21. The summed E-state index contributed by atoms with van der Waals surface area (Å²) in [5.74, 6) is -2.31. The van der Waals surface area contributed by atoms with E-state index in [4.69, 9.17) is 9.47 Å². The summed E-state index contributed by atoms with van der Waals surface area (Å²) in [5, 5.41) is 9.41. The molecule has 0 amide bonds. The van der Waals surface area contributed by atoms with Crippen molar-refractivity contribution in [3.8, 4) is 0 Å². The molecule has 5 heteroatoms. The molecule has 1 rings (SSSR count). The van der Waals surface area contributed by atoms with Gasteiger partial charge in [0.05, 0.1) is 6.61 Å². The number of cyclic esters (lactones) is 1. The molecular formula is C9H14O5. The summed E-state index contributed by atoms with van der Waals surface area (Å²) < 4.78 is 9.60. The van der Waals surface area contributed by atoms with Gasteiger partial charge in [0.15, 0.2) is 6.10 Å². The minimum absolute atomic E-state index is 0.215. The van der Waals surface area contributed by atoms with Crippen LogP contribution in [0.1, 0.15) is 20.8 Å². The van der Waals surface area contributed by atoms with Gasteiger partial charge >= 0.3 is 11.9 Å². The standard InChI is InChI=1S/C9H14O5/c1-4-13-7(11)5-6(10)8(12)14-9(5,2)3/h5-6,10H,4H2,1-3H3. The van der Waals surface area contributed by atoms with Gasteiger partial charge in [0.2, 0.25) is 0 Å². The molecule has 1 N–H and O–H groups in total. The molecular weight excluding hydrogens is 188 g/mol. The molecule has 2 unspecified atom stereocenters. The molecule has 2 atom stereocenters. The quantitative estimate of drug-likeness (QED) is 0.631. The highest BCUT2D eigenvalue weighted by molar-refractivity contribution is 5.88. The van der Waals surface area contributed by atoms with Crippen LogP contribution in [-0.4, -0.2) is 35.4 Å². The molecule has 0 aromatic heterocycles. The normalized spacial score (nSPS) is 29.9. The van der Waals surface area contributed by atoms with Crippen LogP contribution >= 0.6 is 0 Å². The third kappa shape index (κ3) is 1.72. The fourth-order valence-corrected chi connectivity index (χ4v) is 1.54. The first-order valence-electron chi connectivity index (χ1n) is 4.47. The van der Waals surface area contributed by atoms with E-state index >= 15 is 0 Å². The van der Waals surface area contributed by atoms with E-state index in [1.807, 2.05) is 0 Å². The van der Waals surface area contributed by atoms with Crippen molar-refractivity contribution in [3.63, 3.8) is 0 Å². The van der Waals surface area contributed by atoms with E-state index in [9.17, 15) is 14.7 Å². The number of aliphatic hydroxyl groups excluding tert-OH is 1. The number of rotatable bonds is 2. The molecule has 0 aromatic carbocycles. The minimum Gasteiger partial charge on any atom is -0.466 e. The summed E-state index contributed by atoms with van der Waals surface area (Å²) in [4.78, 5) is 22.4. The highest BCUT2D eigenvalue weighted by atomic mass is 16.6. The van der Waals surface area contributed by atoms with Crippen LogP contribution in [0.25, 0.3) is 0 Å². The van der Waals surface area contributed by atoms with Crippen molar-refractivity contribution in [2.45, 2.75) is 32.5 Å². The second kappa shape index (κ2) is 3.57. The van der Waals surface area contributed by atoms with Gasteiger partial charge in [-0.05, 0) is 20.8 Å². The fourth-order valence-electron chi connectivity index (χ4n) is 1.54. The van der Waals surface area contributed by atoms with Crippen molar-refractivity contribution < 1.29 is 24.2 Å². The molecule has 80 valence electrons. The summed E-state index contributed by atoms with van der Waals surface area (Å²) in [5.41, 5.74) is -0.997. The maximum atomic E-state index is 11.4. The number of ether oxygens (including phenoxy) is 2. The molecule has 1 aliphatic heterocycles. The van der Waals surface area contributed by atoms with Gasteiger partial charge in [0, 0.05) is 0 Å². The lowest BCUT2D eigenvalue weighted by molar-refractivity contribution is -0.155. The monoisotopic (exact) mass is 202 g/mol. The molecule has 0 aromatic rings. The average molecular weight is 202 g/mol. The number of hydrogen-bond donors (Lipinski definition) is 1. The second-order valence-electron chi connectivity index (χ2n) is 3.70. The Morgan fingerprint density at radius 2 is 2.21 bits per heavy atom. The summed E-state index contributed by atoms with van der Waals surface area (Å²) in [6.45, 7) is 5.02. The molecule has 1 heterocycles. The third-order valence-electron chi connectivity index (χ3n) is 2.21. The molecule has 0 saturated carbocycles. The fraction of sp³-hybridized carbons (Fsp3) is 0.778. The Labute approximate surface area is 82.0 Å². The predicted octanol–water partition coefficient (Wildman–Crippen LogP) is -0.138. The number of hydrogen-bond acceptors (Lipinski definition) is 5. The maximum absolute atomic E-state index is 11.4. The Kier molecular flexibility index (Phi) is 2.80. The largest absolute Gasteiger partial charge is 0.466 e.